The molecule has 29 aromatic rings. The van der Waals surface area contributed by atoms with Crippen LogP contribution in [0.2, 0.25) is 0 Å². The lowest BCUT2D eigenvalue weighted by Crippen LogP contribution is -2.00. The summed E-state index contributed by atoms with van der Waals surface area (Å²) in [6.45, 7) is 0. The summed E-state index contributed by atoms with van der Waals surface area (Å²) >= 11 is 3.70. The molecule has 11 nitrogen and oxygen atoms in total. The van der Waals surface area contributed by atoms with E-state index in [9.17, 15) is 0 Å². The third kappa shape index (κ3) is 13.4. The Morgan fingerprint density at radius 3 is 0.906 bits per heavy atom. The first-order valence-electron chi connectivity index (χ1n) is 46.8. The van der Waals surface area contributed by atoms with Gasteiger partial charge in [-0.3, -0.25) is 0 Å². The van der Waals surface area contributed by atoms with Crippen LogP contribution in [0.4, 0.5) is 0 Å². The van der Waals surface area contributed by atoms with E-state index >= 15 is 0 Å². The van der Waals surface area contributed by atoms with Crippen molar-refractivity contribution in [1.82, 2.24) is 48.2 Å². The van der Waals surface area contributed by atoms with Gasteiger partial charge in [-0.2, -0.15) is 0 Å². The van der Waals surface area contributed by atoms with Crippen molar-refractivity contribution in [3.63, 3.8) is 0 Å². The largest absolute Gasteiger partial charge is 0.456 e. The molecule has 0 radical (unpaired) electrons. The zero-order valence-electron chi connectivity index (χ0n) is 74.6. The monoisotopic (exact) mass is 1810 g/mol. The summed E-state index contributed by atoms with van der Waals surface area (Å²) in [5.41, 5.74) is 28.4. The van der Waals surface area contributed by atoms with Gasteiger partial charge in [-0.05, 0) is 215 Å². The third-order valence-electron chi connectivity index (χ3n) is 27.5. The van der Waals surface area contributed by atoms with Gasteiger partial charge in [-0.15, -0.1) is 22.7 Å². The number of fused-ring (bicyclic) bond motifs is 21. The molecule has 0 saturated carbocycles. The molecule has 9 aromatic heterocycles. The van der Waals surface area contributed by atoms with E-state index in [-0.39, 0.29) is 0 Å². The second-order valence-corrected chi connectivity index (χ2v) is 37.7. The number of furan rings is 1. The fourth-order valence-electron chi connectivity index (χ4n) is 21.0. The van der Waals surface area contributed by atoms with Gasteiger partial charge in [-0.1, -0.05) is 279 Å². The third-order valence-corrected chi connectivity index (χ3v) is 29.9. The van der Waals surface area contributed by atoms with Crippen LogP contribution in [0.3, 0.4) is 0 Å². The molecule has 0 N–H and O–H groups in total. The van der Waals surface area contributed by atoms with Gasteiger partial charge in [0.15, 0.2) is 34.9 Å². The average Bonchev–Trinajstić information content (AvgIpc) is 1.56. The summed E-state index contributed by atoms with van der Waals surface area (Å²) in [5, 5.41) is 17.0. The van der Waals surface area contributed by atoms with Gasteiger partial charge in [0.05, 0.1) is 44.1 Å². The highest BCUT2D eigenvalue weighted by Crippen LogP contribution is 2.48. The van der Waals surface area contributed by atoms with Gasteiger partial charge in [-0.25, -0.2) is 29.9 Å². The van der Waals surface area contributed by atoms with E-state index in [0.717, 1.165) is 111 Å². The minimum absolute atomic E-state index is 0.629. The summed E-state index contributed by atoms with van der Waals surface area (Å²) in [5.74, 6) is 3.87. The van der Waals surface area contributed by atoms with Crippen molar-refractivity contribution < 1.29 is 4.42 Å². The highest BCUT2D eigenvalue weighted by Gasteiger charge is 2.25. The molecule has 139 heavy (non-hydrogen) atoms. The lowest BCUT2D eigenvalue weighted by atomic mass is 9.98. The number of hydrogen-bond donors (Lipinski definition) is 0. The molecule has 13 heteroatoms. The molecule has 0 saturated heterocycles. The van der Waals surface area contributed by atoms with Crippen LogP contribution in [0.25, 0.3) is 274 Å². The Hall–Kier alpha value is -18.1. The number of nitrogens with zero attached hydrogens (tertiary/aromatic N) is 10. The molecule has 0 spiro atoms. The van der Waals surface area contributed by atoms with Gasteiger partial charge in [0, 0.05) is 150 Å². The molecule has 20 aromatic carbocycles. The minimum Gasteiger partial charge on any atom is -0.456 e. The molecule has 0 aliphatic carbocycles. The quantitative estimate of drug-likeness (QED) is 0.113. The lowest BCUT2D eigenvalue weighted by molar-refractivity contribution is 0.669. The van der Waals surface area contributed by atoms with Crippen molar-refractivity contribution >= 4 is 172 Å². The molecule has 0 unspecified atom stereocenters. The van der Waals surface area contributed by atoms with Crippen LogP contribution < -0.4 is 0 Å². The molecule has 9 heterocycles. The zero-order valence-corrected chi connectivity index (χ0v) is 76.2. The Balaban J connectivity index is 0.000000137. The van der Waals surface area contributed by atoms with Crippen LogP contribution in [-0.4, -0.2) is 48.2 Å². The van der Waals surface area contributed by atoms with E-state index in [1.807, 2.05) is 120 Å². The molecule has 0 amide bonds. The predicted molar refractivity (Wildman–Crippen MR) is 579 cm³/mol. The van der Waals surface area contributed by atoms with Crippen molar-refractivity contribution in [3.8, 4) is 124 Å². The normalized spacial score (nSPS) is 11.9. The molecular formula is C126H76N10OS2. The number of rotatable bonds is 13. The Morgan fingerprint density at radius 2 is 0.439 bits per heavy atom. The van der Waals surface area contributed by atoms with Crippen molar-refractivity contribution in [2.24, 2.45) is 0 Å². The van der Waals surface area contributed by atoms with E-state index in [1.165, 1.54) is 128 Å². The first-order valence-corrected chi connectivity index (χ1v) is 48.4. The van der Waals surface area contributed by atoms with Crippen molar-refractivity contribution in [2.45, 2.75) is 0 Å². The number of thiophene rings is 2. The molecule has 0 atom stereocenters. The van der Waals surface area contributed by atoms with Crippen LogP contribution >= 0.6 is 22.7 Å². The SMILES string of the molecule is c1ccc(-c2nc(-c3ccccc3)nc(-c3ccc(-n4c5ccccc5c5cc(-c6ccc7oc8ccc(-c9ccc%10c(c9)c9ccccc9n%10-c9ccccc9)cc8c7c6)ccc54)cc3)n2)cc1.c1ccc(-c2nc(-c3ccccc3)nc(-c3ccc4sc5ccc(-n6c7ccccc7c7cc(-n8c9ccccc9c9cc(-c%10cccc%11c%10sc%10ccccc%10%11)ccc98)ccc76)cc5c4c3)n2)cc1. The molecule has 0 fully saturated rings. The fraction of sp³-hybridized carbons (Fsp3) is 0. The maximum atomic E-state index is 6.47. The van der Waals surface area contributed by atoms with E-state index in [4.69, 9.17) is 34.3 Å². The predicted octanol–water partition coefficient (Wildman–Crippen LogP) is 33.8. The maximum absolute atomic E-state index is 6.47. The molecule has 0 aliphatic heterocycles. The number of aromatic nitrogens is 10. The highest BCUT2D eigenvalue weighted by molar-refractivity contribution is 7.26. The Bertz CT molecular complexity index is 9920. The Labute approximate surface area is 804 Å². The average molecular weight is 1810 g/mol. The molecule has 648 valence electrons. The fourth-order valence-corrected chi connectivity index (χ4v) is 23.3. The van der Waals surface area contributed by atoms with Gasteiger partial charge < -0.3 is 22.7 Å². The first kappa shape index (κ1) is 79.4. The summed E-state index contributed by atoms with van der Waals surface area (Å²) in [7, 11) is 0. The summed E-state index contributed by atoms with van der Waals surface area (Å²) < 4.78 is 21.2. The lowest BCUT2D eigenvalue weighted by Gasteiger charge is -2.11. The van der Waals surface area contributed by atoms with E-state index in [1.54, 1.807) is 0 Å². The van der Waals surface area contributed by atoms with Crippen molar-refractivity contribution in [3.05, 3.63) is 461 Å². The molecule has 0 aliphatic rings. The van der Waals surface area contributed by atoms with Gasteiger partial charge >= 0.3 is 0 Å². The second-order valence-electron chi connectivity index (χ2n) is 35.6. The zero-order chi connectivity index (χ0) is 91.3. The summed E-state index contributed by atoms with van der Waals surface area (Å²) in [4.78, 5) is 29.9. The minimum atomic E-state index is 0.629. The van der Waals surface area contributed by atoms with Crippen LogP contribution in [-0.2, 0) is 0 Å². The van der Waals surface area contributed by atoms with E-state index in [2.05, 4.69) is 382 Å². The van der Waals surface area contributed by atoms with Crippen LogP contribution in [0.5, 0.6) is 0 Å². The molecule has 29 rings (SSSR count). The van der Waals surface area contributed by atoms with Crippen molar-refractivity contribution in [1.29, 1.82) is 0 Å². The van der Waals surface area contributed by atoms with Gasteiger partial charge in [0.25, 0.3) is 0 Å². The van der Waals surface area contributed by atoms with Crippen LogP contribution in [0, 0.1) is 0 Å². The Kier molecular flexibility index (Phi) is 18.5. The number of para-hydroxylation sites is 5. The Morgan fingerprint density at radius 1 is 0.158 bits per heavy atom. The van der Waals surface area contributed by atoms with Gasteiger partial charge in [0.1, 0.15) is 11.2 Å². The van der Waals surface area contributed by atoms with Gasteiger partial charge in [0.2, 0.25) is 0 Å². The maximum Gasteiger partial charge on any atom is 0.164 e. The van der Waals surface area contributed by atoms with E-state index in [0.29, 0.717) is 34.9 Å². The summed E-state index contributed by atoms with van der Waals surface area (Å²) in [6, 6.07) is 165. The second kappa shape index (κ2) is 32.3. The summed E-state index contributed by atoms with van der Waals surface area (Å²) in [6.07, 6.45) is 0. The smallest absolute Gasteiger partial charge is 0.164 e. The topological polar surface area (TPSA) is 110 Å². The highest BCUT2D eigenvalue weighted by atomic mass is 32.1. The first-order chi connectivity index (χ1) is 68.9. The number of hydrogen-bond acceptors (Lipinski definition) is 9. The van der Waals surface area contributed by atoms with Crippen molar-refractivity contribution in [2.75, 3.05) is 0 Å². The van der Waals surface area contributed by atoms with Crippen LogP contribution in [0.15, 0.2) is 465 Å². The van der Waals surface area contributed by atoms with E-state index < -0.39 is 0 Å². The number of benzene rings is 20. The molecular weight excluding hydrogens is 1730 g/mol. The molecule has 0 bridgehead atoms. The van der Waals surface area contributed by atoms with Crippen LogP contribution in [0.1, 0.15) is 0 Å². The standard InChI is InChI=1S/C63H39N5O.C63H37N5S2/c1-4-14-40(15-5-1)61-64-62(41-16-6-2-7-17-41)66-63(65-61)42-24-30-48(31-25-42)68-56-23-13-11-21-50(56)52-37-44(27-33-58(52)68)46-29-35-60-54(39-46)53-38-45(28-34-59(53)69-60)43-26-32-57-51(36-43)49-20-10-12-22-55(49)67(57)47-18-8-3-9-19-47;1-3-14-38(15-4-1)61-64-62(39-16-5-2-6-17-39)66-63(65-61)41-27-32-58-51(35-41)52-37-43(29-33-59(52)69-58)68-54-24-11-8-19-46(54)50-36-42(28-31-56(50)68)67-53-23-10-7-18-45(53)49-34-40(26-30-55(49)67)44-21-13-22-48-47-20-9-12-25-57(47)70-60(44)48/h1-39H;1-37H.